The fraction of sp³-hybridized carbons (Fsp3) is 0.917. The summed E-state index contributed by atoms with van der Waals surface area (Å²) < 4.78 is 11.5. The summed E-state index contributed by atoms with van der Waals surface area (Å²) in [6.45, 7) is 2.38. The molecule has 92 valence electrons. The van der Waals surface area contributed by atoms with Crippen LogP contribution in [0, 0.1) is 5.92 Å². The molecule has 0 aromatic heterocycles. The maximum atomic E-state index is 10.6. The normalized spacial score (nSPS) is 36.4. The first kappa shape index (κ1) is 11.9. The molecule has 0 aromatic rings. The smallest absolute Gasteiger partial charge is 0.306 e. The average Bonchev–Trinajstić information content (AvgIpc) is 2.62. The van der Waals surface area contributed by atoms with Crippen molar-refractivity contribution < 1.29 is 19.4 Å². The molecule has 1 saturated heterocycles. The molecule has 2 rings (SSSR count). The Morgan fingerprint density at radius 2 is 2.06 bits per heavy atom. The monoisotopic (exact) mass is 228 g/mol. The molecule has 1 saturated carbocycles. The van der Waals surface area contributed by atoms with Crippen molar-refractivity contribution in [1.82, 2.24) is 0 Å². The maximum Gasteiger partial charge on any atom is 0.306 e. The van der Waals surface area contributed by atoms with Crippen LogP contribution in [0.15, 0.2) is 0 Å². The van der Waals surface area contributed by atoms with E-state index in [0.717, 1.165) is 12.8 Å². The van der Waals surface area contributed by atoms with Crippen LogP contribution in [-0.2, 0) is 14.3 Å². The predicted octanol–water partition coefficient (Wildman–Crippen LogP) is 2.17. The van der Waals surface area contributed by atoms with E-state index >= 15 is 0 Å². The zero-order valence-electron chi connectivity index (χ0n) is 9.78. The molecule has 16 heavy (non-hydrogen) atoms. The van der Waals surface area contributed by atoms with Crippen LogP contribution in [0.1, 0.15) is 45.4 Å². The lowest BCUT2D eigenvalue weighted by molar-refractivity contribution is -0.198. The molecule has 1 heterocycles. The van der Waals surface area contributed by atoms with Gasteiger partial charge in [-0.05, 0) is 19.8 Å². The Morgan fingerprint density at radius 3 is 2.69 bits per heavy atom. The summed E-state index contributed by atoms with van der Waals surface area (Å²) in [5.41, 5.74) is 0. The van der Waals surface area contributed by atoms with Crippen LogP contribution >= 0.6 is 0 Å². The molecule has 2 aliphatic rings. The van der Waals surface area contributed by atoms with E-state index in [1.165, 1.54) is 19.3 Å². The van der Waals surface area contributed by atoms with Crippen LogP contribution in [0.5, 0.6) is 0 Å². The highest BCUT2D eigenvalue weighted by molar-refractivity contribution is 5.67. The molecule has 1 N–H and O–H groups in total. The quantitative estimate of drug-likeness (QED) is 0.804. The average molecular weight is 228 g/mol. The van der Waals surface area contributed by atoms with Gasteiger partial charge in [-0.2, -0.15) is 0 Å². The van der Waals surface area contributed by atoms with E-state index in [-0.39, 0.29) is 12.5 Å². The highest BCUT2D eigenvalue weighted by atomic mass is 16.7. The highest BCUT2D eigenvalue weighted by Crippen LogP contribution is 2.39. The van der Waals surface area contributed by atoms with E-state index in [4.69, 9.17) is 14.6 Å². The second-order valence-corrected chi connectivity index (χ2v) is 5.00. The molecule has 0 radical (unpaired) electrons. The molecule has 1 aliphatic carbocycles. The number of carboxylic acid groups (broad SMARTS) is 1. The molecule has 2 fully saturated rings. The van der Waals surface area contributed by atoms with Crippen molar-refractivity contribution in [3.05, 3.63) is 0 Å². The number of carboxylic acids is 1. The minimum absolute atomic E-state index is 0.0440. The molecular weight excluding hydrogens is 208 g/mol. The molecule has 0 amide bonds. The number of aliphatic carboxylic acids is 1. The minimum atomic E-state index is -0.818. The van der Waals surface area contributed by atoms with Crippen molar-refractivity contribution in [2.24, 2.45) is 5.92 Å². The molecule has 4 heteroatoms. The van der Waals surface area contributed by atoms with Gasteiger partial charge in [-0.1, -0.05) is 19.3 Å². The fourth-order valence-corrected chi connectivity index (χ4v) is 2.79. The molecule has 2 unspecified atom stereocenters. The molecule has 1 aliphatic heterocycles. The number of hydrogen-bond acceptors (Lipinski definition) is 3. The summed E-state index contributed by atoms with van der Waals surface area (Å²) in [5.74, 6) is -0.929. The number of hydrogen-bond donors (Lipinski definition) is 1. The third kappa shape index (κ3) is 2.55. The van der Waals surface area contributed by atoms with Crippen molar-refractivity contribution in [3.63, 3.8) is 0 Å². The van der Waals surface area contributed by atoms with Gasteiger partial charge in [-0.3, -0.25) is 4.79 Å². The third-order valence-electron chi connectivity index (χ3n) is 3.71. The van der Waals surface area contributed by atoms with E-state index in [0.29, 0.717) is 12.5 Å². The van der Waals surface area contributed by atoms with Gasteiger partial charge in [0.1, 0.15) is 0 Å². The van der Waals surface area contributed by atoms with E-state index in [1.807, 2.05) is 6.92 Å². The Hall–Kier alpha value is -0.610. The SMILES string of the molecule is CC1(C2CCCCC2)OCC(CC(=O)O)O1. The summed E-state index contributed by atoms with van der Waals surface area (Å²) in [5, 5.41) is 8.72. The zero-order chi connectivity index (χ0) is 11.6. The van der Waals surface area contributed by atoms with E-state index in [2.05, 4.69) is 0 Å². The standard InChI is InChI=1S/C12H20O4/c1-12(9-5-3-2-4-6-9)15-8-10(16-12)7-11(13)14/h9-10H,2-8H2,1H3,(H,13,14). The van der Waals surface area contributed by atoms with Crippen molar-refractivity contribution >= 4 is 5.97 Å². The third-order valence-corrected chi connectivity index (χ3v) is 3.71. The van der Waals surface area contributed by atoms with E-state index in [1.54, 1.807) is 0 Å². The summed E-state index contributed by atoms with van der Waals surface area (Å²) in [4.78, 5) is 10.6. The highest BCUT2D eigenvalue weighted by Gasteiger charge is 2.44. The van der Waals surface area contributed by atoms with E-state index < -0.39 is 11.8 Å². The molecule has 4 nitrogen and oxygen atoms in total. The second kappa shape index (κ2) is 4.72. The Kier molecular flexibility index (Phi) is 3.50. The Morgan fingerprint density at radius 1 is 1.38 bits per heavy atom. The van der Waals surface area contributed by atoms with Gasteiger partial charge in [-0.15, -0.1) is 0 Å². The van der Waals surface area contributed by atoms with Gasteiger partial charge in [0.05, 0.1) is 19.1 Å². The van der Waals surface area contributed by atoms with Crippen molar-refractivity contribution in [3.8, 4) is 0 Å². The lowest BCUT2D eigenvalue weighted by atomic mass is 9.84. The van der Waals surface area contributed by atoms with Gasteiger partial charge in [0.15, 0.2) is 5.79 Å². The molecule has 0 bridgehead atoms. The second-order valence-electron chi connectivity index (χ2n) is 5.00. The largest absolute Gasteiger partial charge is 0.481 e. The van der Waals surface area contributed by atoms with Crippen molar-refractivity contribution in [2.75, 3.05) is 6.61 Å². The zero-order valence-corrected chi connectivity index (χ0v) is 9.78. The molecule has 2 atom stereocenters. The minimum Gasteiger partial charge on any atom is -0.481 e. The molecule has 0 aromatic carbocycles. The first-order valence-electron chi connectivity index (χ1n) is 6.14. The first-order chi connectivity index (χ1) is 7.60. The Labute approximate surface area is 95.9 Å². The van der Waals surface area contributed by atoms with E-state index in [9.17, 15) is 4.79 Å². The van der Waals surface area contributed by atoms with Crippen LogP contribution < -0.4 is 0 Å². The fourth-order valence-electron chi connectivity index (χ4n) is 2.79. The van der Waals surface area contributed by atoms with Crippen LogP contribution in [0.25, 0.3) is 0 Å². The number of rotatable bonds is 3. The molecule has 0 spiro atoms. The first-order valence-corrected chi connectivity index (χ1v) is 6.14. The van der Waals surface area contributed by atoms with Crippen LogP contribution in [0.4, 0.5) is 0 Å². The summed E-state index contributed by atoms with van der Waals surface area (Å²) in [7, 11) is 0. The van der Waals surface area contributed by atoms with Crippen LogP contribution in [0.3, 0.4) is 0 Å². The topological polar surface area (TPSA) is 55.8 Å². The summed E-state index contributed by atoms with van der Waals surface area (Å²) >= 11 is 0. The molecular formula is C12H20O4. The number of ether oxygens (including phenoxy) is 2. The van der Waals surface area contributed by atoms with Crippen molar-refractivity contribution in [2.45, 2.75) is 57.3 Å². The van der Waals surface area contributed by atoms with Gasteiger partial charge in [0.2, 0.25) is 0 Å². The number of carbonyl (C=O) groups is 1. The van der Waals surface area contributed by atoms with Crippen LogP contribution in [-0.4, -0.2) is 29.6 Å². The summed E-state index contributed by atoms with van der Waals surface area (Å²) in [6.07, 6.45) is 5.80. The van der Waals surface area contributed by atoms with Gasteiger partial charge < -0.3 is 14.6 Å². The Balaban J connectivity index is 1.91. The van der Waals surface area contributed by atoms with Gasteiger partial charge in [0, 0.05) is 5.92 Å². The van der Waals surface area contributed by atoms with Gasteiger partial charge in [-0.25, -0.2) is 0 Å². The maximum absolute atomic E-state index is 10.6. The lowest BCUT2D eigenvalue weighted by Gasteiger charge is -2.35. The van der Waals surface area contributed by atoms with Gasteiger partial charge >= 0.3 is 5.97 Å². The predicted molar refractivity (Wildman–Crippen MR) is 58.1 cm³/mol. The van der Waals surface area contributed by atoms with Crippen molar-refractivity contribution in [1.29, 1.82) is 0 Å². The lowest BCUT2D eigenvalue weighted by Crippen LogP contribution is -2.37. The Bertz CT molecular complexity index is 260. The van der Waals surface area contributed by atoms with Gasteiger partial charge in [0.25, 0.3) is 0 Å². The van der Waals surface area contributed by atoms with Crippen LogP contribution in [0.2, 0.25) is 0 Å². The summed E-state index contributed by atoms with van der Waals surface area (Å²) in [6, 6.07) is 0.